The van der Waals surface area contributed by atoms with Crippen LogP contribution in [0.25, 0.3) is 0 Å². The van der Waals surface area contributed by atoms with Crippen LogP contribution in [0.2, 0.25) is 0 Å². The fourth-order valence-electron chi connectivity index (χ4n) is 0.688. The van der Waals surface area contributed by atoms with Crippen LogP contribution in [0.5, 0.6) is 0 Å². The Morgan fingerprint density at radius 1 is 1.55 bits per heavy atom. The van der Waals surface area contributed by atoms with Crippen molar-refractivity contribution in [2.45, 2.75) is 26.4 Å². The molecule has 0 aliphatic heterocycles. The summed E-state index contributed by atoms with van der Waals surface area (Å²) >= 11 is 0. The summed E-state index contributed by atoms with van der Waals surface area (Å²) in [6, 6.07) is 0. The molecule has 4 nitrogen and oxygen atoms in total. The van der Waals surface area contributed by atoms with Crippen LogP contribution in [0.4, 0.5) is 0 Å². The zero-order chi connectivity index (χ0) is 8.85. The van der Waals surface area contributed by atoms with Crippen molar-refractivity contribution in [1.29, 1.82) is 0 Å². The maximum atomic E-state index is 10.7. The van der Waals surface area contributed by atoms with Crippen molar-refractivity contribution in [2.24, 2.45) is 0 Å². The van der Waals surface area contributed by atoms with Gasteiger partial charge in [-0.05, 0) is 6.92 Å². The number of esters is 1. The van der Waals surface area contributed by atoms with E-state index in [1.807, 2.05) is 0 Å². The minimum absolute atomic E-state index is 0.126. The van der Waals surface area contributed by atoms with Crippen LogP contribution < -0.4 is 5.32 Å². The van der Waals surface area contributed by atoms with Crippen LogP contribution in [-0.4, -0.2) is 25.0 Å². The Labute approximate surface area is 65.9 Å². The maximum Gasteiger partial charge on any atom is 0.302 e. The lowest BCUT2D eigenvalue weighted by atomic mass is 10.3. The average Bonchev–Trinajstić information content (AvgIpc) is 1.85. The summed E-state index contributed by atoms with van der Waals surface area (Å²) in [7, 11) is 1.54. The molecule has 0 aliphatic rings. The highest BCUT2D eigenvalue weighted by Crippen LogP contribution is 1.96. The second-order valence-corrected chi connectivity index (χ2v) is 2.30. The first-order valence-corrected chi connectivity index (χ1v) is 3.44. The molecule has 4 heteroatoms. The molecule has 64 valence electrons. The first kappa shape index (κ1) is 9.94. The second-order valence-electron chi connectivity index (χ2n) is 2.30. The first-order valence-electron chi connectivity index (χ1n) is 3.44. The highest BCUT2D eigenvalue weighted by Gasteiger charge is 2.09. The van der Waals surface area contributed by atoms with Gasteiger partial charge in [-0.2, -0.15) is 0 Å². The molecule has 1 atom stereocenters. The third kappa shape index (κ3) is 5.39. The minimum Gasteiger partial charge on any atom is -0.462 e. The van der Waals surface area contributed by atoms with E-state index in [-0.39, 0.29) is 24.4 Å². The van der Waals surface area contributed by atoms with Crippen molar-refractivity contribution in [3.05, 3.63) is 0 Å². The van der Waals surface area contributed by atoms with E-state index >= 15 is 0 Å². The summed E-state index contributed by atoms with van der Waals surface area (Å²) in [6.45, 7) is 3.00. The molecule has 0 radical (unpaired) electrons. The summed E-state index contributed by atoms with van der Waals surface area (Å²) in [5.41, 5.74) is 0. The smallest absolute Gasteiger partial charge is 0.302 e. The fourth-order valence-corrected chi connectivity index (χ4v) is 0.688. The van der Waals surface area contributed by atoms with E-state index < -0.39 is 0 Å². The molecule has 11 heavy (non-hydrogen) atoms. The topological polar surface area (TPSA) is 55.4 Å². The van der Waals surface area contributed by atoms with Gasteiger partial charge in [-0.25, -0.2) is 0 Å². The molecule has 0 fully saturated rings. The SMILES string of the molecule is CNC(=O)CC(C)OC(C)=O. The van der Waals surface area contributed by atoms with Gasteiger partial charge >= 0.3 is 5.97 Å². The van der Waals surface area contributed by atoms with Gasteiger partial charge in [-0.1, -0.05) is 0 Å². The number of ether oxygens (including phenoxy) is 1. The molecular formula is C7H13NO3. The molecule has 0 saturated heterocycles. The molecule has 0 aromatic rings. The van der Waals surface area contributed by atoms with Gasteiger partial charge in [0.2, 0.25) is 5.91 Å². The summed E-state index contributed by atoms with van der Waals surface area (Å²) < 4.78 is 4.72. The molecule has 0 spiro atoms. The highest BCUT2D eigenvalue weighted by atomic mass is 16.5. The molecule has 0 aliphatic carbocycles. The number of amides is 1. The predicted molar refractivity (Wildman–Crippen MR) is 39.9 cm³/mol. The normalized spacial score (nSPS) is 11.9. The molecule has 0 aromatic heterocycles. The Morgan fingerprint density at radius 3 is 2.45 bits per heavy atom. The molecule has 0 bridgehead atoms. The predicted octanol–water partition coefficient (Wildman–Crippen LogP) is 0.0741. The van der Waals surface area contributed by atoms with Crippen molar-refractivity contribution in [3.8, 4) is 0 Å². The molecule has 1 N–H and O–H groups in total. The Bertz CT molecular complexity index is 156. The third-order valence-electron chi connectivity index (χ3n) is 1.12. The molecule has 0 saturated carbocycles. The largest absolute Gasteiger partial charge is 0.462 e. The Kier molecular flexibility index (Phi) is 4.26. The van der Waals surface area contributed by atoms with Crippen molar-refractivity contribution in [3.63, 3.8) is 0 Å². The molecule has 0 rings (SSSR count). The number of rotatable bonds is 3. The zero-order valence-corrected chi connectivity index (χ0v) is 7.01. The molecule has 1 unspecified atom stereocenters. The van der Waals surface area contributed by atoms with Crippen molar-refractivity contribution in [1.82, 2.24) is 5.32 Å². The van der Waals surface area contributed by atoms with Gasteiger partial charge < -0.3 is 10.1 Å². The van der Waals surface area contributed by atoms with Crippen LogP contribution in [-0.2, 0) is 14.3 Å². The average molecular weight is 159 g/mol. The van der Waals surface area contributed by atoms with Crippen LogP contribution in [0.3, 0.4) is 0 Å². The third-order valence-corrected chi connectivity index (χ3v) is 1.12. The van der Waals surface area contributed by atoms with Gasteiger partial charge in [0.05, 0.1) is 6.42 Å². The summed E-state index contributed by atoms with van der Waals surface area (Å²) in [4.78, 5) is 21.1. The number of hydrogen-bond donors (Lipinski definition) is 1. The number of nitrogens with one attached hydrogen (secondary N) is 1. The molecule has 1 amide bonds. The van der Waals surface area contributed by atoms with E-state index in [1.165, 1.54) is 6.92 Å². The van der Waals surface area contributed by atoms with Gasteiger partial charge in [0.1, 0.15) is 6.10 Å². The number of hydrogen-bond acceptors (Lipinski definition) is 3. The van der Waals surface area contributed by atoms with E-state index in [0.29, 0.717) is 0 Å². The van der Waals surface area contributed by atoms with Crippen molar-refractivity contribution >= 4 is 11.9 Å². The van der Waals surface area contributed by atoms with Crippen molar-refractivity contribution < 1.29 is 14.3 Å². The Hall–Kier alpha value is -1.06. The van der Waals surface area contributed by atoms with Gasteiger partial charge in [-0.15, -0.1) is 0 Å². The standard InChI is InChI=1S/C7H13NO3/c1-5(11-6(2)9)4-7(10)8-3/h5H,4H2,1-3H3,(H,8,10). The molecule has 0 aromatic carbocycles. The quantitative estimate of drug-likeness (QED) is 0.593. The first-order chi connectivity index (χ1) is 5.06. The number of carbonyl (C=O) groups is 2. The van der Waals surface area contributed by atoms with Gasteiger partial charge in [0.15, 0.2) is 0 Å². The highest BCUT2D eigenvalue weighted by molar-refractivity contribution is 5.76. The van der Waals surface area contributed by atoms with E-state index in [9.17, 15) is 9.59 Å². The van der Waals surface area contributed by atoms with Crippen LogP contribution in [0.15, 0.2) is 0 Å². The maximum absolute atomic E-state index is 10.7. The Balaban J connectivity index is 3.60. The van der Waals surface area contributed by atoms with E-state index in [1.54, 1.807) is 14.0 Å². The van der Waals surface area contributed by atoms with Gasteiger partial charge in [-0.3, -0.25) is 9.59 Å². The van der Waals surface area contributed by atoms with E-state index in [4.69, 9.17) is 4.74 Å². The van der Waals surface area contributed by atoms with Crippen LogP contribution >= 0.6 is 0 Å². The lowest BCUT2D eigenvalue weighted by Crippen LogP contribution is -2.24. The summed E-state index contributed by atoms with van der Waals surface area (Å²) in [5, 5.41) is 2.44. The second kappa shape index (κ2) is 4.71. The summed E-state index contributed by atoms with van der Waals surface area (Å²) in [6.07, 6.45) is -0.122. The van der Waals surface area contributed by atoms with Crippen molar-refractivity contribution in [2.75, 3.05) is 7.05 Å². The van der Waals surface area contributed by atoms with E-state index in [2.05, 4.69) is 5.32 Å². The molecule has 0 heterocycles. The monoisotopic (exact) mass is 159 g/mol. The molecular weight excluding hydrogens is 146 g/mol. The van der Waals surface area contributed by atoms with Gasteiger partial charge in [0.25, 0.3) is 0 Å². The van der Waals surface area contributed by atoms with Crippen LogP contribution in [0.1, 0.15) is 20.3 Å². The zero-order valence-electron chi connectivity index (χ0n) is 7.01. The van der Waals surface area contributed by atoms with Gasteiger partial charge in [0, 0.05) is 14.0 Å². The van der Waals surface area contributed by atoms with Crippen LogP contribution in [0, 0.1) is 0 Å². The summed E-state index contributed by atoms with van der Waals surface area (Å²) in [5.74, 6) is -0.486. The van der Waals surface area contributed by atoms with E-state index in [0.717, 1.165) is 0 Å². The Morgan fingerprint density at radius 2 is 2.09 bits per heavy atom. The fraction of sp³-hybridized carbons (Fsp3) is 0.714. The lowest BCUT2D eigenvalue weighted by Gasteiger charge is -2.09. The lowest BCUT2D eigenvalue weighted by molar-refractivity contribution is -0.146. The minimum atomic E-state index is -0.360. The number of carbonyl (C=O) groups excluding carboxylic acids is 2.